The lowest BCUT2D eigenvalue weighted by Gasteiger charge is -2.10. The standard InChI is InChI=1S/C26H31N5O2/c1-4-5-6-7-8-15-22-27-25(29-23(32)20-13-9-11-18(2)16-20)31-26(28-22)30-24(33)21-14-10-12-19(3)17-21/h9-14,16-17H,4-8,15H2,1-3H3,(H2,27,28,29,30,31,32,33). The highest BCUT2D eigenvalue weighted by atomic mass is 16.2. The molecule has 0 atom stereocenters. The molecule has 0 bridgehead atoms. The zero-order valence-electron chi connectivity index (χ0n) is 19.5. The Labute approximate surface area is 195 Å². The second-order valence-electron chi connectivity index (χ2n) is 8.21. The van der Waals surface area contributed by atoms with Crippen molar-refractivity contribution in [3.05, 3.63) is 76.6 Å². The Morgan fingerprint density at radius 3 is 1.73 bits per heavy atom. The highest BCUT2D eigenvalue weighted by Crippen LogP contribution is 2.14. The molecule has 0 fully saturated rings. The van der Waals surface area contributed by atoms with Gasteiger partial charge in [-0.15, -0.1) is 0 Å². The van der Waals surface area contributed by atoms with Crippen LogP contribution in [-0.4, -0.2) is 26.8 Å². The first-order valence-electron chi connectivity index (χ1n) is 11.5. The van der Waals surface area contributed by atoms with Gasteiger partial charge in [0.05, 0.1) is 0 Å². The van der Waals surface area contributed by atoms with Gasteiger partial charge in [0.2, 0.25) is 11.9 Å². The van der Waals surface area contributed by atoms with E-state index in [0.29, 0.717) is 23.4 Å². The number of hydrogen-bond acceptors (Lipinski definition) is 5. The lowest BCUT2D eigenvalue weighted by atomic mass is 10.1. The van der Waals surface area contributed by atoms with Crippen LogP contribution in [0.5, 0.6) is 0 Å². The molecule has 7 nitrogen and oxygen atoms in total. The van der Waals surface area contributed by atoms with Crippen molar-refractivity contribution in [2.75, 3.05) is 10.6 Å². The van der Waals surface area contributed by atoms with Crippen molar-refractivity contribution in [2.24, 2.45) is 0 Å². The largest absolute Gasteiger partial charge is 0.290 e. The molecule has 172 valence electrons. The van der Waals surface area contributed by atoms with Gasteiger partial charge in [0.25, 0.3) is 11.8 Å². The molecule has 0 spiro atoms. The number of nitrogens with zero attached hydrogens (tertiary/aromatic N) is 3. The Kier molecular flexibility index (Phi) is 8.63. The van der Waals surface area contributed by atoms with Gasteiger partial charge in [-0.2, -0.15) is 15.0 Å². The summed E-state index contributed by atoms with van der Waals surface area (Å²) < 4.78 is 0. The number of nitrogens with one attached hydrogen (secondary N) is 2. The van der Waals surface area contributed by atoms with Gasteiger partial charge in [0.15, 0.2) is 0 Å². The molecule has 1 aromatic heterocycles. The first-order valence-corrected chi connectivity index (χ1v) is 11.5. The predicted octanol–water partition coefficient (Wildman–Crippen LogP) is 5.51. The highest BCUT2D eigenvalue weighted by Gasteiger charge is 2.14. The number of hydrogen-bond donors (Lipinski definition) is 2. The molecule has 0 saturated heterocycles. The molecule has 3 aromatic rings. The lowest BCUT2D eigenvalue weighted by Crippen LogP contribution is -2.19. The molecule has 3 rings (SSSR count). The average molecular weight is 446 g/mol. The number of carbonyl (C=O) groups excluding carboxylic acids is 2. The number of anilines is 2. The van der Waals surface area contributed by atoms with Crippen molar-refractivity contribution in [1.82, 2.24) is 15.0 Å². The maximum atomic E-state index is 12.7. The molecular formula is C26H31N5O2. The fraction of sp³-hybridized carbons (Fsp3) is 0.346. The summed E-state index contributed by atoms with van der Waals surface area (Å²) in [5.74, 6) is 0.171. The minimum Gasteiger partial charge on any atom is -0.290 e. The number of rotatable bonds is 10. The average Bonchev–Trinajstić information content (AvgIpc) is 2.79. The summed E-state index contributed by atoms with van der Waals surface area (Å²) in [7, 11) is 0. The van der Waals surface area contributed by atoms with Gasteiger partial charge in [0.1, 0.15) is 5.82 Å². The smallest absolute Gasteiger partial charge is 0.258 e. The number of aryl methyl sites for hydroxylation is 3. The molecule has 2 aromatic carbocycles. The minimum absolute atomic E-state index is 0.125. The molecule has 0 saturated carbocycles. The molecule has 0 aliphatic rings. The molecule has 1 heterocycles. The van der Waals surface area contributed by atoms with Crippen molar-refractivity contribution in [2.45, 2.75) is 59.3 Å². The number of aromatic nitrogens is 3. The van der Waals surface area contributed by atoms with Crippen LogP contribution in [0.25, 0.3) is 0 Å². The summed E-state index contributed by atoms with van der Waals surface area (Å²) in [5, 5.41) is 5.49. The third-order valence-electron chi connectivity index (χ3n) is 5.20. The normalized spacial score (nSPS) is 10.6. The molecule has 2 N–H and O–H groups in total. The lowest BCUT2D eigenvalue weighted by molar-refractivity contribution is 0.101. The fourth-order valence-electron chi connectivity index (χ4n) is 3.45. The van der Waals surface area contributed by atoms with E-state index >= 15 is 0 Å². The zero-order chi connectivity index (χ0) is 23.6. The van der Waals surface area contributed by atoms with E-state index in [1.54, 1.807) is 24.3 Å². The van der Waals surface area contributed by atoms with Gasteiger partial charge in [-0.25, -0.2) is 0 Å². The van der Waals surface area contributed by atoms with Crippen LogP contribution in [0.15, 0.2) is 48.5 Å². The van der Waals surface area contributed by atoms with E-state index in [9.17, 15) is 9.59 Å². The Morgan fingerprint density at radius 2 is 1.24 bits per heavy atom. The van der Waals surface area contributed by atoms with E-state index in [-0.39, 0.29) is 23.7 Å². The molecule has 33 heavy (non-hydrogen) atoms. The maximum absolute atomic E-state index is 12.7. The van der Waals surface area contributed by atoms with Gasteiger partial charge in [-0.3, -0.25) is 20.2 Å². The van der Waals surface area contributed by atoms with E-state index in [2.05, 4.69) is 32.5 Å². The van der Waals surface area contributed by atoms with Crippen LogP contribution < -0.4 is 10.6 Å². The highest BCUT2D eigenvalue weighted by molar-refractivity contribution is 6.04. The number of amides is 2. The predicted molar refractivity (Wildman–Crippen MR) is 131 cm³/mol. The molecule has 0 aliphatic carbocycles. The quantitative estimate of drug-likeness (QED) is 0.401. The van der Waals surface area contributed by atoms with Crippen molar-refractivity contribution < 1.29 is 9.59 Å². The SMILES string of the molecule is CCCCCCCc1nc(NC(=O)c2cccc(C)c2)nc(NC(=O)c2cccc(C)c2)n1. The van der Waals surface area contributed by atoms with Gasteiger partial charge in [-0.05, 0) is 44.5 Å². The Morgan fingerprint density at radius 1 is 0.727 bits per heavy atom. The van der Waals surface area contributed by atoms with Gasteiger partial charge in [-0.1, -0.05) is 68.0 Å². The summed E-state index contributed by atoms with van der Waals surface area (Å²) in [5.41, 5.74) is 3.00. The monoisotopic (exact) mass is 445 g/mol. The number of unbranched alkanes of at least 4 members (excludes halogenated alkanes) is 4. The Balaban J connectivity index is 1.79. The van der Waals surface area contributed by atoms with Crippen molar-refractivity contribution in [3.63, 3.8) is 0 Å². The van der Waals surface area contributed by atoms with Crippen molar-refractivity contribution >= 4 is 23.7 Å². The van der Waals surface area contributed by atoms with E-state index in [0.717, 1.165) is 30.4 Å². The number of benzene rings is 2. The molecule has 0 unspecified atom stereocenters. The van der Waals surface area contributed by atoms with E-state index in [1.807, 2.05) is 38.1 Å². The van der Waals surface area contributed by atoms with Gasteiger partial charge >= 0.3 is 0 Å². The second kappa shape index (κ2) is 11.9. The molecule has 7 heteroatoms. The molecule has 0 aliphatic heterocycles. The van der Waals surface area contributed by atoms with Crippen LogP contribution in [0, 0.1) is 13.8 Å². The third kappa shape index (κ3) is 7.49. The van der Waals surface area contributed by atoms with E-state index in [1.165, 1.54) is 12.8 Å². The first kappa shape index (κ1) is 24.0. The van der Waals surface area contributed by atoms with Crippen LogP contribution in [-0.2, 0) is 6.42 Å². The summed E-state index contributed by atoms with van der Waals surface area (Å²) in [6.45, 7) is 6.03. The summed E-state index contributed by atoms with van der Waals surface area (Å²) in [4.78, 5) is 38.5. The molecule has 0 radical (unpaired) electrons. The molecule has 2 amide bonds. The summed E-state index contributed by atoms with van der Waals surface area (Å²) in [6.07, 6.45) is 6.20. The van der Waals surface area contributed by atoms with Crippen LogP contribution in [0.3, 0.4) is 0 Å². The van der Waals surface area contributed by atoms with Gasteiger partial charge < -0.3 is 0 Å². The third-order valence-corrected chi connectivity index (χ3v) is 5.20. The van der Waals surface area contributed by atoms with Crippen LogP contribution in [0.2, 0.25) is 0 Å². The van der Waals surface area contributed by atoms with E-state index in [4.69, 9.17) is 0 Å². The maximum Gasteiger partial charge on any atom is 0.258 e. The fourth-order valence-corrected chi connectivity index (χ4v) is 3.45. The zero-order valence-corrected chi connectivity index (χ0v) is 19.5. The van der Waals surface area contributed by atoms with Gasteiger partial charge in [0, 0.05) is 17.5 Å². The Bertz CT molecular complexity index is 1040. The summed E-state index contributed by atoms with van der Waals surface area (Å²) >= 11 is 0. The topological polar surface area (TPSA) is 96.9 Å². The van der Waals surface area contributed by atoms with Crippen molar-refractivity contribution in [3.8, 4) is 0 Å². The number of carbonyl (C=O) groups is 2. The minimum atomic E-state index is -0.310. The Hall–Kier alpha value is -3.61. The second-order valence-corrected chi connectivity index (χ2v) is 8.21. The molecular weight excluding hydrogens is 414 g/mol. The first-order chi connectivity index (χ1) is 15.9. The summed E-state index contributed by atoms with van der Waals surface area (Å²) in [6, 6.07) is 14.6. The van der Waals surface area contributed by atoms with Crippen LogP contribution in [0.1, 0.15) is 76.7 Å². The van der Waals surface area contributed by atoms with Crippen LogP contribution in [0.4, 0.5) is 11.9 Å². The van der Waals surface area contributed by atoms with Crippen LogP contribution >= 0.6 is 0 Å². The van der Waals surface area contributed by atoms with Crippen molar-refractivity contribution in [1.29, 1.82) is 0 Å². The van der Waals surface area contributed by atoms with E-state index < -0.39 is 0 Å².